The molecule has 0 aliphatic rings. The summed E-state index contributed by atoms with van der Waals surface area (Å²) in [5, 5.41) is 8.71. The van der Waals surface area contributed by atoms with Crippen molar-refractivity contribution in [2.24, 2.45) is 11.8 Å². The Balaban J connectivity index is 3.13. The molecule has 0 saturated heterocycles. The lowest BCUT2D eigenvalue weighted by atomic mass is 10.0. The maximum Gasteiger partial charge on any atom is 0.306 e. The zero-order valence-electron chi connectivity index (χ0n) is 11.2. The van der Waals surface area contributed by atoms with Crippen LogP contribution >= 0.6 is 0 Å². The standard InChI is InChI=1S/C14H28O2/c1-12(2)10-8-6-4-5-7-9-11-13(3)14(15)16/h12-13H,4-11H2,1-3H3,(H,15,16). The highest BCUT2D eigenvalue weighted by Gasteiger charge is 2.09. The van der Waals surface area contributed by atoms with Gasteiger partial charge in [0, 0.05) is 0 Å². The lowest BCUT2D eigenvalue weighted by Crippen LogP contribution is -2.08. The van der Waals surface area contributed by atoms with Gasteiger partial charge in [-0.1, -0.05) is 65.7 Å². The number of carboxylic acid groups (broad SMARTS) is 1. The van der Waals surface area contributed by atoms with Gasteiger partial charge in [-0.2, -0.15) is 0 Å². The average Bonchev–Trinajstić information content (AvgIpc) is 2.21. The molecular formula is C14H28O2. The van der Waals surface area contributed by atoms with Crippen LogP contribution < -0.4 is 0 Å². The Labute approximate surface area is 100 Å². The molecule has 0 aliphatic heterocycles. The Hall–Kier alpha value is -0.530. The van der Waals surface area contributed by atoms with Crippen LogP contribution in [0.25, 0.3) is 0 Å². The van der Waals surface area contributed by atoms with Gasteiger partial charge in [-0.3, -0.25) is 4.79 Å². The van der Waals surface area contributed by atoms with Crippen molar-refractivity contribution in [2.75, 3.05) is 0 Å². The largest absolute Gasteiger partial charge is 0.481 e. The summed E-state index contributed by atoms with van der Waals surface area (Å²) in [6.45, 7) is 6.34. The van der Waals surface area contributed by atoms with E-state index in [9.17, 15) is 4.79 Å². The molecule has 1 unspecified atom stereocenters. The molecule has 1 atom stereocenters. The van der Waals surface area contributed by atoms with Crippen molar-refractivity contribution < 1.29 is 9.90 Å². The summed E-state index contributed by atoms with van der Waals surface area (Å²) in [5.41, 5.74) is 0. The van der Waals surface area contributed by atoms with Gasteiger partial charge in [0.25, 0.3) is 0 Å². The molecule has 0 bridgehead atoms. The quantitative estimate of drug-likeness (QED) is 0.560. The van der Waals surface area contributed by atoms with Gasteiger partial charge in [-0.25, -0.2) is 0 Å². The van der Waals surface area contributed by atoms with Crippen molar-refractivity contribution >= 4 is 5.97 Å². The second-order valence-corrected chi connectivity index (χ2v) is 5.33. The number of hydrogen-bond donors (Lipinski definition) is 1. The third-order valence-electron chi connectivity index (χ3n) is 3.09. The molecule has 0 amide bonds. The van der Waals surface area contributed by atoms with Crippen molar-refractivity contribution in [1.29, 1.82) is 0 Å². The molecule has 0 aromatic rings. The Bertz CT molecular complexity index is 176. The highest BCUT2D eigenvalue weighted by Crippen LogP contribution is 2.14. The molecule has 0 fully saturated rings. The fourth-order valence-electron chi connectivity index (χ4n) is 1.83. The average molecular weight is 228 g/mol. The van der Waals surface area contributed by atoms with Crippen LogP contribution in [0.2, 0.25) is 0 Å². The van der Waals surface area contributed by atoms with E-state index in [-0.39, 0.29) is 5.92 Å². The van der Waals surface area contributed by atoms with Gasteiger partial charge >= 0.3 is 5.97 Å². The topological polar surface area (TPSA) is 37.3 Å². The molecule has 0 radical (unpaired) electrons. The smallest absolute Gasteiger partial charge is 0.306 e. The van der Waals surface area contributed by atoms with Crippen LogP contribution in [0.15, 0.2) is 0 Å². The van der Waals surface area contributed by atoms with Crippen molar-refractivity contribution in [3.05, 3.63) is 0 Å². The minimum absolute atomic E-state index is 0.166. The predicted octanol–water partition coefficient (Wildman–Crippen LogP) is 4.48. The van der Waals surface area contributed by atoms with Crippen molar-refractivity contribution in [1.82, 2.24) is 0 Å². The van der Waals surface area contributed by atoms with E-state index in [4.69, 9.17) is 5.11 Å². The number of rotatable bonds is 10. The van der Waals surface area contributed by atoms with E-state index in [1.165, 1.54) is 38.5 Å². The van der Waals surface area contributed by atoms with Gasteiger partial charge in [0.2, 0.25) is 0 Å². The minimum Gasteiger partial charge on any atom is -0.481 e. The Morgan fingerprint density at radius 2 is 1.31 bits per heavy atom. The monoisotopic (exact) mass is 228 g/mol. The summed E-state index contributed by atoms with van der Waals surface area (Å²) in [4.78, 5) is 10.6. The lowest BCUT2D eigenvalue weighted by molar-refractivity contribution is -0.141. The molecule has 0 saturated carbocycles. The lowest BCUT2D eigenvalue weighted by Gasteiger charge is -2.06. The van der Waals surface area contributed by atoms with Gasteiger partial charge in [-0.05, 0) is 12.3 Å². The number of carboxylic acids is 1. The van der Waals surface area contributed by atoms with E-state index < -0.39 is 5.97 Å². The molecule has 0 aromatic heterocycles. The van der Waals surface area contributed by atoms with Crippen LogP contribution in [-0.4, -0.2) is 11.1 Å². The maximum atomic E-state index is 10.6. The van der Waals surface area contributed by atoms with Gasteiger partial charge < -0.3 is 5.11 Å². The Kier molecular flexibility index (Phi) is 9.36. The van der Waals surface area contributed by atoms with Gasteiger partial charge in [0.1, 0.15) is 0 Å². The highest BCUT2D eigenvalue weighted by atomic mass is 16.4. The van der Waals surface area contributed by atoms with E-state index in [0.29, 0.717) is 0 Å². The second-order valence-electron chi connectivity index (χ2n) is 5.33. The minimum atomic E-state index is -0.656. The zero-order chi connectivity index (χ0) is 12.4. The summed E-state index contributed by atoms with van der Waals surface area (Å²) >= 11 is 0. The summed E-state index contributed by atoms with van der Waals surface area (Å²) in [6.07, 6.45) is 9.71. The number of aliphatic carboxylic acids is 1. The first-order valence-corrected chi connectivity index (χ1v) is 6.76. The van der Waals surface area contributed by atoms with Gasteiger partial charge in [0.15, 0.2) is 0 Å². The molecular weight excluding hydrogens is 200 g/mol. The maximum absolute atomic E-state index is 10.6. The number of carbonyl (C=O) groups is 1. The Morgan fingerprint density at radius 3 is 1.75 bits per heavy atom. The fourth-order valence-corrected chi connectivity index (χ4v) is 1.83. The summed E-state index contributed by atoms with van der Waals surface area (Å²) in [7, 11) is 0. The van der Waals surface area contributed by atoms with E-state index in [1.807, 2.05) is 0 Å². The van der Waals surface area contributed by atoms with Crippen LogP contribution in [0.3, 0.4) is 0 Å². The third-order valence-corrected chi connectivity index (χ3v) is 3.09. The van der Waals surface area contributed by atoms with Crippen LogP contribution in [0.4, 0.5) is 0 Å². The highest BCUT2D eigenvalue weighted by molar-refractivity contribution is 5.69. The third kappa shape index (κ3) is 10.0. The van der Waals surface area contributed by atoms with Crippen molar-refractivity contribution in [2.45, 2.75) is 72.1 Å². The normalized spacial score (nSPS) is 13.0. The zero-order valence-corrected chi connectivity index (χ0v) is 11.2. The number of unbranched alkanes of at least 4 members (excludes halogenated alkanes) is 5. The molecule has 0 spiro atoms. The van der Waals surface area contributed by atoms with Crippen LogP contribution in [-0.2, 0) is 4.79 Å². The molecule has 1 N–H and O–H groups in total. The SMILES string of the molecule is CC(C)CCCCCCCCC(C)C(=O)O. The Morgan fingerprint density at radius 1 is 0.875 bits per heavy atom. The summed E-state index contributed by atoms with van der Waals surface area (Å²) in [6, 6.07) is 0. The molecule has 0 aliphatic carbocycles. The first kappa shape index (κ1) is 15.5. The van der Waals surface area contributed by atoms with Crippen LogP contribution in [0, 0.1) is 11.8 Å². The number of hydrogen-bond acceptors (Lipinski definition) is 1. The molecule has 96 valence electrons. The van der Waals surface area contributed by atoms with E-state index in [0.717, 1.165) is 18.8 Å². The predicted molar refractivity (Wildman–Crippen MR) is 68.6 cm³/mol. The fraction of sp³-hybridized carbons (Fsp3) is 0.929. The molecule has 2 heteroatoms. The van der Waals surface area contributed by atoms with Crippen molar-refractivity contribution in [3.8, 4) is 0 Å². The molecule has 16 heavy (non-hydrogen) atoms. The summed E-state index contributed by atoms with van der Waals surface area (Å²) in [5.74, 6) is 0.00860. The molecule has 0 aromatic carbocycles. The molecule has 0 heterocycles. The van der Waals surface area contributed by atoms with E-state index in [1.54, 1.807) is 6.92 Å². The van der Waals surface area contributed by atoms with Crippen LogP contribution in [0.5, 0.6) is 0 Å². The van der Waals surface area contributed by atoms with Crippen molar-refractivity contribution in [3.63, 3.8) is 0 Å². The summed E-state index contributed by atoms with van der Waals surface area (Å²) < 4.78 is 0. The van der Waals surface area contributed by atoms with Gasteiger partial charge in [-0.15, -0.1) is 0 Å². The van der Waals surface area contributed by atoms with Gasteiger partial charge in [0.05, 0.1) is 5.92 Å². The second kappa shape index (κ2) is 9.68. The molecule has 0 rings (SSSR count). The molecule has 2 nitrogen and oxygen atoms in total. The first-order valence-electron chi connectivity index (χ1n) is 6.76. The first-order chi connectivity index (χ1) is 7.54. The van der Waals surface area contributed by atoms with E-state index >= 15 is 0 Å². The van der Waals surface area contributed by atoms with Crippen LogP contribution in [0.1, 0.15) is 72.1 Å². The van der Waals surface area contributed by atoms with E-state index in [2.05, 4.69) is 13.8 Å².